The van der Waals surface area contributed by atoms with E-state index in [4.69, 9.17) is 4.74 Å². The zero-order chi connectivity index (χ0) is 13.0. The Hall–Kier alpha value is -1.37. The van der Waals surface area contributed by atoms with Crippen LogP contribution in [0, 0.1) is 3.57 Å². The van der Waals surface area contributed by atoms with Crippen molar-refractivity contribution >= 4 is 28.9 Å². The fraction of sp³-hybridized carbons (Fsp3) is 0.231. The Balaban J connectivity index is 2.12. The summed E-state index contributed by atoms with van der Waals surface area (Å²) in [5, 5.41) is 4.38. The normalized spacial score (nSPS) is 10.3. The molecule has 0 atom stereocenters. The maximum absolute atomic E-state index is 10.5. The molecule has 94 valence electrons. The standard InChI is InChI=1S/C13H13IN2O2/c1-18-11-4-2-10(3-5-11)8-16-9-12(14)13(15-16)6-7-17/h2-5,7,9H,6,8H2,1H3. The van der Waals surface area contributed by atoms with Crippen molar-refractivity contribution in [1.82, 2.24) is 9.78 Å². The van der Waals surface area contributed by atoms with Crippen LogP contribution >= 0.6 is 22.6 Å². The van der Waals surface area contributed by atoms with Gasteiger partial charge in [0.15, 0.2) is 0 Å². The van der Waals surface area contributed by atoms with Crippen molar-refractivity contribution in [3.63, 3.8) is 0 Å². The summed E-state index contributed by atoms with van der Waals surface area (Å²) < 4.78 is 7.98. The lowest BCUT2D eigenvalue weighted by Gasteiger charge is -2.03. The molecule has 0 aliphatic heterocycles. The Kier molecular flexibility index (Phi) is 4.35. The summed E-state index contributed by atoms with van der Waals surface area (Å²) in [7, 11) is 1.65. The van der Waals surface area contributed by atoms with Crippen LogP contribution in [-0.4, -0.2) is 23.2 Å². The molecule has 0 amide bonds. The van der Waals surface area contributed by atoms with Gasteiger partial charge in [0.25, 0.3) is 0 Å². The molecular formula is C13H13IN2O2. The number of carbonyl (C=O) groups is 1. The lowest BCUT2D eigenvalue weighted by Crippen LogP contribution is -2.01. The van der Waals surface area contributed by atoms with Gasteiger partial charge in [0.2, 0.25) is 0 Å². The van der Waals surface area contributed by atoms with Gasteiger partial charge in [0, 0.05) is 12.6 Å². The first-order valence-electron chi connectivity index (χ1n) is 5.51. The van der Waals surface area contributed by atoms with Crippen LogP contribution in [0.4, 0.5) is 0 Å². The number of rotatable bonds is 5. The Labute approximate surface area is 119 Å². The van der Waals surface area contributed by atoms with Gasteiger partial charge < -0.3 is 9.53 Å². The number of hydrogen-bond acceptors (Lipinski definition) is 3. The molecule has 1 aromatic carbocycles. The lowest BCUT2D eigenvalue weighted by molar-refractivity contribution is -0.107. The number of aldehydes is 1. The molecule has 0 spiro atoms. The predicted octanol–water partition coefficient (Wildman–Crippen LogP) is 2.29. The Morgan fingerprint density at radius 2 is 2.11 bits per heavy atom. The molecule has 0 unspecified atom stereocenters. The molecule has 0 N–H and O–H groups in total. The number of aromatic nitrogens is 2. The highest BCUT2D eigenvalue weighted by atomic mass is 127. The monoisotopic (exact) mass is 356 g/mol. The third kappa shape index (κ3) is 3.10. The van der Waals surface area contributed by atoms with Gasteiger partial charge in [-0.25, -0.2) is 0 Å². The highest BCUT2D eigenvalue weighted by molar-refractivity contribution is 14.1. The second-order valence-corrected chi connectivity index (χ2v) is 5.00. The molecule has 0 aliphatic carbocycles. The number of nitrogens with zero attached hydrogens (tertiary/aromatic N) is 2. The molecule has 0 aliphatic rings. The maximum atomic E-state index is 10.5. The summed E-state index contributed by atoms with van der Waals surface area (Å²) in [6.45, 7) is 0.693. The van der Waals surface area contributed by atoms with Gasteiger partial charge in [-0.3, -0.25) is 4.68 Å². The van der Waals surface area contributed by atoms with Gasteiger partial charge in [-0.15, -0.1) is 0 Å². The number of carbonyl (C=O) groups excluding carboxylic acids is 1. The minimum atomic E-state index is 0.369. The summed E-state index contributed by atoms with van der Waals surface area (Å²) in [4.78, 5) is 10.5. The molecule has 0 radical (unpaired) electrons. The van der Waals surface area contributed by atoms with Crippen LogP contribution in [-0.2, 0) is 17.8 Å². The second kappa shape index (κ2) is 5.99. The number of benzene rings is 1. The smallest absolute Gasteiger partial charge is 0.126 e. The zero-order valence-electron chi connectivity index (χ0n) is 9.97. The number of ether oxygens (including phenoxy) is 1. The Morgan fingerprint density at radius 3 is 2.72 bits per heavy atom. The Bertz CT molecular complexity index is 534. The predicted molar refractivity (Wildman–Crippen MR) is 76.8 cm³/mol. The summed E-state index contributed by atoms with van der Waals surface area (Å²) in [6.07, 6.45) is 3.19. The van der Waals surface area contributed by atoms with Crippen LogP contribution in [0.1, 0.15) is 11.3 Å². The first-order chi connectivity index (χ1) is 8.72. The van der Waals surface area contributed by atoms with E-state index in [0.29, 0.717) is 13.0 Å². The van der Waals surface area contributed by atoms with Gasteiger partial charge in [-0.1, -0.05) is 12.1 Å². The lowest BCUT2D eigenvalue weighted by atomic mass is 10.2. The van der Waals surface area contributed by atoms with E-state index in [-0.39, 0.29) is 0 Å². The fourth-order valence-corrected chi connectivity index (χ4v) is 2.30. The average molecular weight is 356 g/mol. The van der Waals surface area contributed by atoms with Crippen molar-refractivity contribution in [1.29, 1.82) is 0 Å². The third-order valence-corrected chi connectivity index (χ3v) is 3.47. The fourth-order valence-electron chi connectivity index (χ4n) is 1.65. The summed E-state index contributed by atoms with van der Waals surface area (Å²) >= 11 is 2.20. The van der Waals surface area contributed by atoms with Crippen LogP contribution in [0.15, 0.2) is 30.5 Å². The summed E-state index contributed by atoms with van der Waals surface area (Å²) in [6, 6.07) is 7.87. The van der Waals surface area contributed by atoms with E-state index in [9.17, 15) is 4.79 Å². The van der Waals surface area contributed by atoms with Crippen molar-refractivity contribution in [2.45, 2.75) is 13.0 Å². The van der Waals surface area contributed by atoms with E-state index in [2.05, 4.69) is 27.7 Å². The summed E-state index contributed by atoms with van der Waals surface area (Å²) in [5.74, 6) is 0.843. The van der Waals surface area contributed by atoms with Crippen LogP contribution in [0.25, 0.3) is 0 Å². The van der Waals surface area contributed by atoms with E-state index >= 15 is 0 Å². The first kappa shape index (κ1) is 13.1. The van der Waals surface area contributed by atoms with E-state index in [1.165, 1.54) is 0 Å². The molecule has 0 saturated carbocycles. The van der Waals surface area contributed by atoms with Gasteiger partial charge >= 0.3 is 0 Å². The molecule has 2 rings (SSSR count). The number of methoxy groups -OCH3 is 1. The zero-order valence-corrected chi connectivity index (χ0v) is 12.1. The maximum Gasteiger partial charge on any atom is 0.126 e. The number of hydrogen-bond donors (Lipinski definition) is 0. The quantitative estimate of drug-likeness (QED) is 0.610. The molecule has 1 heterocycles. The van der Waals surface area contributed by atoms with Crippen LogP contribution < -0.4 is 4.74 Å². The molecule has 18 heavy (non-hydrogen) atoms. The van der Waals surface area contributed by atoms with Crippen molar-refractivity contribution in [2.24, 2.45) is 0 Å². The molecular weight excluding hydrogens is 343 g/mol. The van der Waals surface area contributed by atoms with E-state index in [1.54, 1.807) is 7.11 Å². The number of halogens is 1. The molecule has 0 fully saturated rings. The van der Waals surface area contributed by atoms with E-state index in [1.807, 2.05) is 35.1 Å². The van der Waals surface area contributed by atoms with Crippen molar-refractivity contribution < 1.29 is 9.53 Å². The highest BCUT2D eigenvalue weighted by Crippen LogP contribution is 2.14. The van der Waals surface area contributed by atoms with Crippen molar-refractivity contribution in [3.05, 3.63) is 45.3 Å². The minimum Gasteiger partial charge on any atom is -0.497 e. The van der Waals surface area contributed by atoms with E-state index in [0.717, 1.165) is 26.9 Å². The molecule has 0 bridgehead atoms. The first-order valence-corrected chi connectivity index (χ1v) is 6.59. The topological polar surface area (TPSA) is 44.1 Å². The largest absolute Gasteiger partial charge is 0.497 e. The highest BCUT2D eigenvalue weighted by Gasteiger charge is 2.06. The van der Waals surface area contributed by atoms with Crippen LogP contribution in [0.2, 0.25) is 0 Å². The van der Waals surface area contributed by atoms with Crippen molar-refractivity contribution in [2.75, 3.05) is 7.11 Å². The molecule has 0 saturated heterocycles. The summed E-state index contributed by atoms with van der Waals surface area (Å²) in [5.41, 5.74) is 1.98. The second-order valence-electron chi connectivity index (χ2n) is 3.84. The Morgan fingerprint density at radius 1 is 1.39 bits per heavy atom. The minimum absolute atomic E-state index is 0.369. The van der Waals surface area contributed by atoms with Gasteiger partial charge in [-0.05, 0) is 40.3 Å². The van der Waals surface area contributed by atoms with Crippen LogP contribution in [0.5, 0.6) is 5.75 Å². The van der Waals surface area contributed by atoms with Gasteiger partial charge in [0.1, 0.15) is 12.0 Å². The molecule has 1 aromatic heterocycles. The van der Waals surface area contributed by atoms with Gasteiger partial charge in [-0.2, -0.15) is 5.10 Å². The van der Waals surface area contributed by atoms with Gasteiger partial charge in [0.05, 0.1) is 22.9 Å². The van der Waals surface area contributed by atoms with Crippen LogP contribution in [0.3, 0.4) is 0 Å². The third-order valence-electron chi connectivity index (χ3n) is 2.57. The molecule has 2 aromatic rings. The molecule has 5 heteroatoms. The van der Waals surface area contributed by atoms with Crippen molar-refractivity contribution in [3.8, 4) is 5.75 Å². The molecule has 4 nitrogen and oxygen atoms in total. The van der Waals surface area contributed by atoms with E-state index < -0.39 is 0 Å². The average Bonchev–Trinajstić information content (AvgIpc) is 2.71. The SMILES string of the molecule is COc1ccc(Cn2cc(I)c(CC=O)n2)cc1.